The van der Waals surface area contributed by atoms with Crippen LogP contribution in [0.5, 0.6) is 0 Å². The van der Waals surface area contributed by atoms with Crippen molar-refractivity contribution in [1.82, 2.24) is 0 Å². The van der Waals surface area contributed by atoms with Gasteiger partial charge in [-0.05, 0) is 37.1 Å². The average molecular weight is 347 g/mol. The molecule has 5 nitrogen and oxygen atoms in total. The fraction of sp³-hybridized carbons (Fsp3) is 0.600. The summed E-state index contributed by atoms with van der Waals surface area (Å²) in [6, 6.07) is 5.63. The maximum absolute atomic E-state index is 12.5. The van der Waals surface area contributed by atoms with Crippen LogP contribution in [0.15, 0.2) is 29.2 Å². The first-order chi connectivity index (χ1) is 10.9. The van der Waals surface area contributed by atoms with Gasteiger partial charge in [-0.25, -0.2) is 8.42 Å². The standard InChI is InChI=1S/C15H19F2NO4S/c16-14(17)23(19,20)13-3-1-11(2-4-13)18-12-5-7-22-15(9-12)6-8-21-10-15/h1-4,12,14,18H,5-10H2/t12-,15-/m1/s1. The maximum atomic E-state index is 12.5. The van der Waals surface area contributed by atoms with Crippen LogP contribution in [-0.2, 0) is 19.3 Å². The summed E-state index contributed by atoms with van der Waals surface area (Å²) in [4.78, 5) is -0.370. The summed E-state index contributed by atoms with van der Waals surface area (Å²) in [5.41, 5.74) is 0.480. The number of sulfone groups is 1. The summed E-state index contributed by atoms with van der Waals surface area (Å²) in [6.07, 6.45) is 2.51. The predicted molar refractivity (Wildman–Crippen MR) is 80.4 cm³/mol. The topological polar surface area (TPSA) is 64.6 Å². The summed E-state index contributed by atoms with van der Waals surface area (Å²) in [6.45, 7) is 1.93. The molecule has 3 rings (SSSR count). The first-order valence-corrected chi connectivity index (χ1v) is 9.06. The Bertz CT molecular complexity index is 642. The summed E-state index contributed by atoms with van der Waals surface area (Å²) in [5, 5.41) is 3.32. The van der Waals surface area contributed by atoms with Crippen molar-refractivity contribution in [2.45, 2.75) is 41.6 Å². The van der Waals surface area contributed by atoms with Gasteiger partial charge in [0.15, 0.2) is 0 Å². The van der Waals surface area contributed by atoms with Gasteiger partial charge in [0, 0.05) is 31.4 Å². The van der Waals surface area contributed by atoms with Crippen molar-refractivity contribution in [2.75, 3.05) is 25.1 Å². The second kappa shape index (κ2) is 6.33. The van der Waals surface area contributed by atoms with Gasteiger partial charge in [-0.15, -0.1) is 0 Å². The molecule has 1 N–H and O–H groups in total. The molecule has 1 spiro atoms. The molecule has 0 unspecified atom stereocenters. The van der Waals surface area contributed by atoms with E-state index in [9.17, 15) is 17.2 Å². The van der Waals surface area contributed by atoms with Gasteiger partial charge in [0.2, 0.25) is 9.84 Å². The van der Waals surface area contributed by atoms with Crippen LogP contribution in [-0.4, -0.2) is 45.6 Å². The highest BCUT2D eigenvalue weighted by Gasteiger charge is 2.41. The fourth-order valence-electron chi connectivity index (χ4n) is 3.09. The van der Waals surface area contributed by atoms with Gasteiger partial charge in [-0.1, -0.05) is 0 Å². The second-order valence-corrected chi connectivity index (χ2v) is 7.92. The van der Waals surface area contributed by atoms with E-state index in [1.807, 2.05) is 0 Å². The molecule has 2 fully saturated rings. The molecule has 1 aromatic rings. The van der Waals surface area contributed by atoms with E-state index in [0.717, 1.165) is 19.3 Å². The molecule has 0 radical (unpaired) electrons. The molecule has 1 aromatic carbocycles. The van der Waals surface area contributed by atoms with Crippen molar-refractivity contribution in [2.24, 2.45) is 0 Å². The van der Waals surface area contributed by atoms with Crippen molar-refractivity contribution < 1.29 is 26.7 Å². The number of alkyl halides is 2. The zero-order chi connectivity index (χ0) is 16.5. The quantitative estimate of drug-likeness (QED) is 0.906. The number of ether oxygens (including phenoxy) is 2. The van der Waals surface area contributed by atoms with E-state index in [1.165, 1.54) is 24.3 Å². The Labute approximate surface area is 133 Å². The lowest BCUT2D eigenvalue weighted by Crippen LogP contribution is -2.44. The average Bonchev–Trinajstić information content (AvgIpc) is 2.95. The molecule has 0 aromatic heterocycles. The minimum Gasteiger partial charge on any atom is -0.382 e. The van der Waals surface area contributed by atoms with Crippen LogP contribution in [0, 0.1) is 0 Å². The van der Waals surface area contributed by atoms with Crippen molar-refractivity contribution in [3.05, 3.63) is 24.3 Å². The molecule has 0 aliphatic carbocycles. The summed E-state index contributed by atoms with van der Waals surface area (Å²) in [7, 11) is -4.54. The number of benzene rings is 1. The highest BCUT2D eigenvalue weighted by atomic mass is 32.2. The van der Waals surface area contributed by atoms with E-state index >= 15 is 0 Å². The van der Waals surface area contributed by atoms with E-state index in [2.05, 4.69) is 5.32 Å². The van der Waals surface area contributed by atoms with Crippen molar-refractivity contribution >= 4 is 15.5 Å². The molecule has 2 aliphatic heterocycles. The maximum Gasteiger partial charge on any atom is 0.341 e. The highest BCUT2D eigenvalue weighted by molar-refractivity contribution is 7.91. The SMILES string of the molecule is O=S(=O)(c1ccc(N[C@@H]2CCO[C@]3(CCOC3)C2)cc1)C(F)F. The van der Waals surface area contributed by atoms with Crippen molar-refractivity contribution in [1.29, 1.82) is 0 Å². The highest BCUT2D eigenvalue weighted by Crippen LogP contribution is 2.34. The number of hydrogen-bond donors (Lipinski definition) is 1. The Morgan fingerprint density at radius 1 is 1.22 bits per heavy atom. The molecule has 2 aliphatic rings. The van der Waals surface area contributed by atoms with Gasteiger partial charge in [0.1, 0.15) is 0 Å². The van der Waals surface area contributed by atoms with Gasteiger partial charge >= 0.3 is 5.76 Å². The molecular formula is C15H19F2NO4S. The predicted octanol–water partition coefficient (Wildman–Crippen LogP) is 2.43. The lowest BCUT2D eigenvalue weighted by atomic mass is 9.89. The van der Waals surface area contributed by atoms with E-state index < -0.39 is 15.6 Å². The summed E-state index contributed by atoms with van der Waals surface area (Å²) < 4.78 is 59.1. The lowest BCUT2D eigenvalue weighted by molar-refractivity contribution is -0.0828. The molecule has 0 saturated carbocycles. The van der Waals surface area contributed by atoms with E-state index in [-0.39, 0.29) is 16.5 Å². The van der Waals surface area contributed by atoms with Crippen LogP contribution in [0.4, 0.5) is 14.5 Å². The lowest BCUT2D eigenvalue weighted by Gasteiger charge is -2.37. The minimum atomic E-state index is -4.54. The first-order valence-electron chi connectivity index (χ1n) is 7.52. The van der Waals surface area contributed by atoms with Crippen LogP contribution in [0.1, 0.15) is 19.3 Å². The first kappa shape index (κ1) is 16.6. The van der Waals surface area contributed by atoms with Gasteiger partial charge in [-0.2, -0.15) is 8.78 Å². The third-order valence-electron chi connectivity index (χ3n) is 4.35. The van der Waals surface area contributed by atoms with E-state index in [0.29, 0.717) is 25.5 Å². The molecular weight excluding hydrogens is 328 g/mol. The van der Waals surface area contributed by atoms with Crippen LogP contribution >= 0.6 is 0 Å². The molecule has 23 heavy (non-hydrogen) atoms. The van der Waals surface area contributed by atoms with Gasteiger partial charge in [-0.3, -0.25) is 0 Å². The van der Waals surface area contributed by atoms with Gasteiger partial charge in [0.05, 0.1) is 17.1 Å². The van der Waals surface area contributed by atoms with Crippen LogP contribution < -0.4 is 5.32 Å². The number of hydrogen-bond acceptors (Lipinski definition) is 5. The molecule has 128 valence electrons. The van der Waals surface area contributed by atoms with E-state index in [4.69, 9.17) is 9.47 Å². The van der Waals surface area contributed by atoms with Crippen molar-refractivity contribution in [3.8, 4) is 0 Å². The number of anilines is 1. The largest absolute Gasteiger partial charge is 0.382 e. The normalized spacial score (nSPS) is 28.4. The van der Waals surface area contributed by atoms with E-state index in [1.54, 1.807) is 0 Å². The van der Waals surface area contributed by atoms with Crippen LogP contribution in [0.2, 0.25) is 0 Å². The Hall–Kier alpha value is -1.25. The minimum absolute atomic E-state index is 0.183. The van der Waals surface area contributed by atoms with Crippen LogP contribution in [0.25, 0.3) is 0 Å². The molecule has 2 heterocycles. The van der Waals surface area contributed by atoms with Crippen molar-refractivity contribution in [3.63, 3.8) is 0 Å². The molecule has 2 atom stereocenters. The number of rotatable bonds is 4. The smallest absolute Gasteiger partial charge is 0.341 e. The molecule has 8 heteroatoms. The summed E-state index contributed by atoms with van der Waals surface area (Å²) >= 11 is 0. The second-order valence-electron chi connectivity index (χ2n) is 6.00. The zero-order valence-corrected chi connectivity index (χ0v) is 13.3. The third-order valence-corrected chi connectivity index (χ3v) is 5.75. The van der Waals surface area contributed by atoms with Gasteiger partial charge in [0.25, 0.3) is 0 Å². The Morgan fingerprint density at radius 3 is 2.57 bits per heavy atom. The summed E-state index contributed by atoms with van der Waals surface area (Å²) in [5.74, 6) is -3.40. The monoisotopic (exact) mass is 347 g/mol. The Morgan fingerprint density at radius 2 is 1.96 bits per heavy atom. The fourth-order valence-corrected chi connectivity index (χ4v) is 3.81. The van der Waals surface area contributed by atoms with Crippen LogP contribution in [0.3, 0.4) is 0 Å². The number of nitrogens with one attached hydrogen (secondary N) is 1. The third kappa shape index (κ3) is 3.49. The molecule has 2 saturated heterocycles. The Kier molecular flexibility index (Phi) is 4.57. The van der Waals surface area contributed by atoms with Gasteiger partial charge < -0.3 is 14.8 Å². The zero-order valence-electron chi connectivity index (χ0n) is 12.5. The molecule has 0 bridgehead atoms. The molecule has 0 amide bonds. The number of halogens is 2. The Balaban J connectivity index is 1.66.